The molecule has 0 aliphatic heterocycles. The van der Waals surface area contributed by atoms with Gasteiger partial charge in [-0.05, 0) is 74.8 Å². The van der Waals surface area contributed by atoms with E-state index in [0.29, 0.717) is 24.2 Å². The Hall–Kier alpha value is -4.79. The van der Waals surface area contributed by atoms with Gasteiger partial charge in [0.05, 0.1) is 18.8 Å². The topological polar surface area (TPSA) is 119 Å². The van der Waals surface area contributed by atoms with Gasteiger partial charge in [-0.3, -0.25) is 4.79 Å². The summed E-state index contributed by atoms with van der Waals surface area (Å²) < 4.78 is 10.1. The van der Waals surface area contributed by atoms with Gasteiger partial charge in [0, 0.05) is 50.4 Å². The van der Waals surface area contributed by atoms with Gasteiger partial charge in [0.1, 0.15) is 5.75 Å². The van der Waals surface area contributed by atoms with Crippen molar-refractivity contribution in [3.05, 3.63) is 151 Å². The van der Waals surface area contributed by atoms with E-state index in [1.807, 2.05) is 84.9 Å². The van der Waals surface area contributed by atoms with Crippen LogP contribution >= 0.6 is 0 Å². The van der Waals surface area contributed by atoms with Gasteiger partial charge in [-0.15, -0.1) is 71.8 Å². The molecule has 0 aliphatic carbocycles. The molecule has 269 valence electrons. The van der Waals surface area contributed by atoms with E-state index in [1.165, 1.54) is 0 Å². The summed E-state index contributed by atoms with van der Waals surface area (Å²) in [5, 5.41) is 19.4. The van der Waals surface area contributed by atoms with E-state index in [9.17, 15) is 19.8 Å². The molecule has 5 rings (SSSR count). The van der Waals surface area contributed by atoms with Crippen molar-refractivity contribution in [2.24, 2.45) is 5.92 Å². The van der Waals surface area contributed by atoms with Gasteiger partial charge in [0.15, 0.2) is 0 Å². The van der Waals surface area contributed by atoms with Gasteiger partial charge < -0.3 is 29.7 Å². The number of rotatable bonds is 12. The summed E-state index contributed by atoms with van der Waals surface area (Å²) in [6.45, 7) is 8.48. The zero-order valence-corrected chi connectivity index (χ0v) is 31.5. The van der Waals surface area contributed by atoms with Crippen LogP contribution in [0.15, 0.2) is 134 Å². The maximum Gasteiger partial charge on any atom is 0.333 e. The van der Waals surface area contributed by atoms with Crippen LogP contribution in [0.3, 0.4) is 0 Å². The van der Waals surface area contributed by atoms with Gasteiger partial charge in [-0.1, -0.05) is 43.0 Å². The molecule has 9 heteroatoms. The number of nitrogens with zero attached hydrogens (tertiary/aromatic N) is 2. The molecule has 2 atom stereocenters. The predicted octanol–water partition coefficient (Wildman–Crippen LogP) is 7.51. The average molecular weight is 865 g/mol. The average Bonchev–Trinajstić information content (AvgIpc) is 3.14. The van der Waals surface area contributed by atoms with E-state index >= 15 is 0 Å². The maximum absolute atomic E-state index is 11.8. The number of aliphatic hydroxyl groups excluding tert-OH is 2. The number of aliphatic hydroxyl groups is 2. The molecule has 2 aromatic heterocycles. The van der Waals surface area contributed by atoms with Crippen LogP contribution in [0.4, 0.5) is 0 Å². The van der Waals surface area contributed by atoms with Crippen molar-refractivity contribution in [1.29, 1.82) is 0 Å². The fraction of sp³-hybridized carbons (Fsp3) is 0.238. The zero-order valence-electron chi connectivity index (χ0n) is 29.1. The van der Waals surface area contributed by atoms with Gasteiger partial charge in [-0.2, -0.15) is 0 Å². The van der Waals surface area contributed by atoms with Gasteiger partial charge in [0.25, 0.3) is 0 Å². The number of carbonyl (C=O) groups excluding carboxylic acids is 2. The third-order valence-electron chi connectivity index (χ3n) is 7.27. The molecule has 0 aliphatic rings. The first-order valence-corrected chi connectivity index (χ1v) is 16.4. The zero-order chi connectivity index (χ0) is 36.1. The molecule has 0 amide bonds. The van der Waals surface area contributed by atoms with Crippen molar-refractivity contribution in [1.82, 2.24) is 9.97 Å². The first kappa shape index (κ1) is 42.4. The molecule has 0 spiro atoms. The molecule has 5 aromatic rings. The Bertz CT molecular complexity index is 1550. The molecule has 0 bridgehead atoms. The van der Waals surface area contributed by atoms with Crippen molar-refractivity contribution < 1.29 is 49.4 Å². The van der Waals surface area contributed by atoms with E-state index in [0.717, 1.165) is 28.1 Å². The number of hydrogen-bond donors (Lipinski definition) is 2. The van der Waals surface area contributed by atoms with Crippen LogP contribution in [0.1, 0.15) is 39.2 Å². The van der Waals surface area contributed by atoms with Crippen LogP contribution in [0.5, 0.6) is 5.75 Å². The Labute approximate surface area is 314 Å². The Kier molecular flexibility index (Phi) is 19.6. The fourth-order valence-electron chi connectivity index (χ4n) is 4.55. The molecule has 8 nitrogen and oxygen atoms in total. The minimum atomic E-state index is -0.619. The number of ether oxygens (including phenoxy) is 2. The molecule has 2 unspecified atom stereocenters. The third kappa shape index (κ3) is 16.2. The summed E-state index contributed by atoms with van der Waals surface area (Å²) in [7, 11) is 0. The standard InChI is InChI=1S/C20H28O6.2C11H8N.Ir/c1-13(2)20(24)25-11-5-6-19(23)26-17-9-7-16(8-10-17)12-18(14(3)21)15(4)22;2*1-2-6-10(7-3-1)11-8-4-5-9-12-11;/h7-10,14-15,18,21-22H,1,5-6,11-12H2,2-4H3;2*1-6,8-9H;/q;2*-1;. The van der Waals surface area contributed by atoms with Crippen LogP contribution in [0.25, 0.3) is 22.5 Å². The second kappa shape index (κ2) is 23.6. The second-order valence-corrected chi connectivity index (χ2v) is 11.5. The van der Waals surface area contributed by atoms with E-state index in [-0.39, 0.29) is 39.1 Å². The largest absolute Gasteiger partial charge is 0.462 e. The van der Waals surface area contributed by atoms with Crippen molar-refractivity contribution in [2.75, 3.05) is 6.61 Å². The Balaban J connectivity index is 0.000000296. The normalized spacial score (nSPS) is 11.8. The van der Waals surface area contributed by atoms with Crippen LogP contribution in [-0.4, -0.2) is 50.9 Å². The fourth-order valence-corrected chi connectivity index (χ4v) is 4.55. The van der Waals surface area contributed by atoms with Gasteiger partial charge in [0.2, 0.25) is 0 Å². The second-order valence-electron chi connectivity index (χ2n) is 11.5. The summed E-state index contributed by atoms with van der Waals surface area (Å²) >= 11 is 0. The van der Waals surface area contributed by atoms with Gasteiger partial charge >= 0.3 is 11.9 Å². The van der Waals surface area contributed by atoms with E-state index in [2.05, 4.69) is 28.7 Å². The number of benzene rings is 3. The summed E-state index contributed by atoms with van der Waals surface area (Å²) in [4.78, 5) is 31.4. The first-order chi connectivity index (χ1) is 24.1. The molecule has 2 N–H and O–H groups in total. The molecule has 0 fully saturated rings. The number of esters is 2. The molecular formula is C42H44IrN2O6-2. The van der Waals surface area contributed by atoms with Crippen molar-refractivity contribution >= 4 is 11.9 Å². The van der Waals surface area contributed by atoms with Crippen LogP contribution < -0.4 is 4.74 Å². The quantitative estimate of drug-likeness (QED) is 0.0436. The van der Waals surface area contributed by atoms with E-state index in [1.54, 1.807) is 57.4 Å². The number of hydrogen-bond acceptors (Lipinski definition) is 8. The maximum atomic E-state index is 11.8. The first-order valence-electron chi connectivity index (χ1n) is 16.4. The number of aromatic nitrogens is 2. The van der Waals surface area contributed by atoms with E-state index in [4.69, 9.17) is 9.47 Å². The Morgan fingerprint density at radius 3 is 1.69 bits per heavy atom. The summed E-state index contributed by atoms with van der Waals surface area (Å²) in [6.07, 6.45) is 3.37. The molecule has 2 heterocycles. The van der Waals surface area contributed by atoms with Crippen LogP contribution in [0.2, 0.25) is 0 Å². The van der Waals surface area contributed by atoms with Crippen molar-refractivity contribution in [2.45, 2.75) is 52.2 Å². The van der Waals surface area contributed by atoms with Crippen LogP contribution in [0, 0.1) is 18.1 Å². The molecule has 1 radical (unpaired) electrons. The van der Waals surface area contributed by atoms with Crippen molar-refractivity contribution in [3.8, 4) is 28.3 Å². The number of pyridine rings is 2. The molecule has 3 aromatic carbocycles. The minimum Gasteiger partial charge on any atom is -0.462 e. The summed E-state index contributed by atoms with van der Waals surface area (Å²) in [5.41, 5.74) is 5.27. The minimum absolute atomic E-state index is 0. The SMILES string of the molecule is C=C(C)C(=O)OCCCC(=O)Oc1ccc(CC(C(C)O)C(C)O)cc1.[Ir].[c-]1ccccc1-c1ccccn1.[c-]1ccccc1-c1ccccn1. The smallest absolute Gasteiger partial charge is 0.333 e. The summed E-state index contributed by atoms with van der Waals surface area (Å²) in [6, 6.07) is 40.6. The Morgan fingerprint density at radius 2 is 1.27 bits per heavy atom. The van der Waals surface area contributed by atoms with Crippen LogP contribution in [-0.2, 0) is 40.9 Å². The monoisotopic (exact) mass is 865 g/mol. The summed E-state index contributed by atoms with van der Waals surface area (Å²) in [5.74, 6) is -0.717. The molecule has 51 heavy (non-hydrogen) atoms. The predicted molar refractivity (Wildman–Crippen MR) is 195 cm³/mol. The van der Waals surface area contributed by atoms with Gasteiger partial charge in [-0.25, -0.2) is 4.79 Å². The molecule has 0 saturated carbocycles. The molecular weight excluding hydrogens is 821 g/mol. The van der Waals surface area contributed by atoms with Crippen molar-refractivity contribution in [3.63, 3.8) is 0 Å². The number of carbonyl (C=O) groups is 2. The van der Waals surface area contributed by atoms with E-state index < -0.39 is 24.1 Å². The molecule has 0 saturated heterocycles. The Morgan fingerprint density at radius 1 is 0.765 bits per heavy atom. The third-order valence-corrected chi connectivity index (χ3v) is 7.27.